The SMILES string of the molecule is CC(=O)N[C@H]1[C@H](O[C@H]2[C@@H](O)[C@@H](CO[C@@H]3O[C@H](CO)[C@@H](O[C@@H]4O[C@H](CO)[C@H](O)[C@H](O[C@]5(C(=O)O)C[C@H](O)[C@@H](NC(C)=O)[C@H]([C@H](O)[C@H](O)CO)O5)[C@H]4O)[C@H](O[C@@H]4O[C@@H](C)[C@@H](O)[C@@H](O)[C@@H]4O)[C@H]3NC(C)=O)OC(O)[C@@H]2NC(C)=O)O[C@H](CO)[C@@H](O[C@@H]2O[C@H](CO)[C@H](O)[C@H](O)[C@H]2O)[C@@H]1O. The number of aliphatic hydroxyl groups is 19. The van der Waals surface area contributed by atoms with Crippen molar-refractivity contribution in [2.75, 3.05) is 39.6 Å². The first-order valence-corrected chi connectivity index (χ1v) is 30.1. The monoisotopic (exact) mass is 1390 g/mol. The Morgan fingerprint density at radius 2 is 0.905 bits per heavy atom. The van der Waals surface area contributed by atoms with Gasteiger partial charge in [-0.15, -0.1) is 0 Å². The summed E-state index contributed by atoms with van der Waals surface area (Å²) in [6.45, 7) is -1.37. The summed E-state index contributed by atoms with van der Waals surface area (Å²) in [5.74, 6) is -8.94. The summed E-state index contributed by atoms with van der Waals surface area (Å²) in [4.78, 5) is 64.1. The van der Waals surface area contributed by atoms with Crippen LogP contribution in [0.1, 0.15) is 41.0 Å². The van der Waals surface area contributed by atoms with E-state index >= 15 is 0 Å². The third-order valence-electron chi connectivity index (χ3n) is 17.1. The quantitative estimate of drug-likeness (QED) is 0.0404. The van der Waals surface area contributed by atoms with Crippen molar-refractivity contribution in [1.29, 1.82) is 0 Å². The fourth-order valence-electron chi connectivity index (χ4n) is 12.2. The number of hydrogen-bond acceptors (Lipinski definition) is 37. The zero-order chi connectivity index (χ0) is 70.6. The van der Waals surface area contributed by atoms with E-state index in [2.05, 4.69) is 21.3 Å². The molecule has 1 unspecified atom stereocenters. The largest absolute Gasteiger partial charge is 0.477 e. The lowest BCUT2D eigenvalue weighted by molar-refractivity contribution is -0.392. The van der Waals surface area contributed by atoms with E-state index in [0.29, 0.717) is 0 Å². The number of rotatable bonds is 25. The molecule has 24 N–H and O–H groups in total. The van der Waals surface area contributed by atoms with E-state index in [1.165, 1.54) is 6.92 Å². The number of carbonyl (C=O) groups is 5. The van der Waals surface area contributed by atoms with E-state index < -0.39 is 296 Å². The molecule has 0 radical (unpaired) electrons. The van der Waals surface area contributed by atoms with Crippen molar-refractivity contribution in [1.82, 2.24) is 21.3 Å². The number of aliphatic carboxylic acids is 1. The summed E-state index contributed by atoms with van der Waals surface area (Å²) in [5.41, 5.74) is 0. The molecule has 42 heteroatoms. The summed E-state index contributed by atoms with van der Waals surface area (Å²) in [6.07, 6.45) is -63.8. The van der Waals surface area contributed by atoms with Crippen LogP contribution in [0.2, 0.25) is 0 Å². The molecule has 7 fully saturated rings. The predicted octanol–water partition coefficient (Wildman–Crippen LogP) is -15.5. The lowest BCUT2D eigenvalue weighted by Gasteiger charge is -2.52. The minimum absolute atomic E-state index is 0.855. The molecule has 36 atom stereocenters. The maximum absolute atomic E-state index is 13.3. The van der Waals surface area contributed by atoms with Gasteiger partial charge in [0.2, 0.25) is 23.6 Å². The van der Waals surface area contributed by atoms with Gasteiger partial charge in [0.25, 0.3) is 5.79 Å². The highest BCUT2D eigenvalue weighted by Crippen LogP contribution is 2.41. The van der Waals surface area contributed by atoms with Gasteiger partial charge < -0.3 is 185 Å². The molecule has 0 aromatic carbocycles. The first-order valence-electron chi connectivity index (χ1n) is 30.1. The topological polar surface area (TPSA) is 658 Å². The van der Waals surface area contributed by atoms with E-state index in [-0.39, 0.29) is 0 Å². The van der Waals surface area contributed by atoms with E-state index in [9.17, 15) is 126 Å². The first kappa shape index (κ1) is 78.4. The predicted molar refractivity (Wildman–Crippen MR) is 294 cm³/mol. The van der Waals surface area contributed by atoms with Crippen LogP contribution in [-0.2, 0) is 85.6 Å². The second-order valence-corrected chi connectivity index (χ2v) is 24.0. The van der Waals surface area contributed by atoms with Gasteiger partial charge in [-0.1, -0.05) is 0 Å². The molecule has 0 spiro atoms. The maximum Gasteiger partial charge on any atom is 0.364 e. The van der Waals surface area contributed by atoms with Crippen molar-refractivity contribution in [2.24, 2.45) is 0 Å². The second-order valence-electron chi connectivity index (χ2n) is 24.0. The Morgan fingerprint density at radius 3 is 1.46 bits per heavy atom. The van der Waals surface area contributed by atoms with Crippen LogP contribution in [0.25, 0.3) is 0 Å². The van der Waals surface area contributed by atoms with Crippen LogP contribution in [0, 0.1) is 0 Å². The second kappa shape index (κ2) is 33.5. The Balaban J connectivity index is 1.19. The molecule has 7 aliphatic rings. The zero-order valence-electron chi connectivity index (χ0n) is 51.4. The molecule has 4 amide bonds. The highest BCUT2D eigenvalue weighted by molar-refractivity contribution is 5.77. The highest BCUT2D eigenvalue weighted by atomic mass is 16.8. The Hall–Kier alpha value is -3.93. The summed E-state index contributed by atoms with van der Waals surface area (Å²) in [7, 11) is 0. The zero-order valence-corrected chi connectivity index (χ0v) is 51.4. The molecule has 548 valence electrons. The number of ether oxygens (including phenoxy) is 13. The van der Waals surface area contributed by atoms with E-state index in [1.54, 1.807) is 0 Å². The summed E-state index contributed by atoms with van der Waals surface area (Å²) >= 11 is 0. The molecular weight excluding hydrogens is 1300 g/mol. The smallest absolute Gasteiger partial charge is 0.364 e. The van der Waals surface area contributed by atoms with Gasteiger partial charge in [-0.05, 0) is 6.92 Å². The molecule has 0 aromatic heterocycles. The number of hydrogen-bond donors (Lipinski definition) is 24. The molecule has 0 aromatic rings. The molecule has 0 saturated carbocycles. The van der Waals surface area contributed by atoms with Crippen molar-refractivity contribution < 1.29 is 188 Å². The van der Waals surface area contributed by atoms with Crippen LogP contribution in [-0.4, -0.2) is 392 Å². The number of nitrogens with one attached hydrogen (secondary N) is 4. The highest BCUT2D eigenvalue weighted by Gasteiger charge is 2.62. The Bertz CT molecular complexity index is 2520. The number of carboxylic acid groups (broad SMARTS) is 1. The van der Waals surface area contributed by atoms with Crippen molar-refractivity contribution in [3.63, 3.8) is 0 Å². The molecule has 0 bridgehead atoms. The average molecular weight is 1390 g/mol. The molecule has 7 heterocycles. The maximum atomic E-state index is 13.3. The van der Waals surface area contributed by atoms with Crippen molar-refractivity contribution in [3.05, 3.63) is 0 Å². The van der Waals surface area contributed by atoms with Crippen LogP contribution in [0.15, 0.2) is 0 Å². The van der Waals surface area contributed by atoms with Gasteiger partial charge in [-0.3, -0.25) is 19.2 Å². The van der Waals surface area contributed by atoms with E-state index in [4.69, 9.17) is 61.6 Å². The average Bonchev–Trinajstić information content (AvgIpc) is 0.764. The number of amides is 4. The summed E-state index contributed by atoms with van der Waals surface area (Å²) in [6, 6.07) is -7.21. The van der Waals surface area contributed by atoms with Gasteiger partial charge >= 0.3 is 5.97 Å². The first-order chi connectivity index (χ1) is 44.7. The van der Waals surface area contributed by atoms with E-state index in [1.807, 2.05) is 0 Å². The summed E-state index contributed by atoms with van der Waals surface area (Å²) < 4.78 is 76.6. The van der Waals surface area contributed by atoms with Crippen LogP contribution in [0.5, 0.6) is 0 Å². The molecule has 95 heavy (non-hydrogen) atoms. The molecule has 7 saturated heterocycles. The van der Waals surface area contributed by atoms with Gasteiger partial charge in [0, 0.05) is 34.1 Å². The third-order valence-corrected chi connectivity index (χ3v) is 17.1. The number of carboxylic acids is 1. The Kier molecular flexibility index (Phi) is 27.6. The van der Waals surface area contributed by atoms with Gasteiger partial charge in [-0.2, -0.15) is 0 Å². The van der Waals surface area contributed by atoms with Crippen molar-refractivity contribution >= 4 is 29.6 Å². The summed E-state index contributed by atoms with van der Waals surface area (Å²) in [5, 5.41) is 228. The fourth-order valence-corrected chi connectivity index (χ4v) is 12.2. The lowest BCUT2D eigenvalue weighted by Crippen LogP contribution is -2.72. The van der Waals surface area contributed by atoms with Gasteiger partial charge in [0.05, 0.1) is 57.9 Å². The normalized spacial score (nSPS) is 46.4. The molecule has 42 nitrogen and oxygen atoms in total. The third kappa shape index (κ3) is 17.5. The van der Waals surface area contributed by atoms with Crippen LogP contribution >= 0.6 is 0 Å². The van der Waals surface area contributed by atoms with Crippen molar-refractivity contribution in [2.45, 2.75) is 261 Å². The van der Waals surface area contributed by atoms with Crippen LogP contribution < -0.4 is 21.3 Å². The molecular formula is C53H88N4O38. The van der Waals surface area contributed by atoms with Gasteiger partial charge in [0.1, 0.15) is 159 Å². The molecule has 0 aliphatic carbocycles. The van der Waals surface area contributed by atoms with Crippen LogP contribution in [0.3, 0.4) is 0 Å². The lowest BCUT2D eigenvalue weighted by atomic mass is 9.88. The number of aliphatic hydroxyl groups excluding tert-OH is 19. The molecule has 7 rings (SSSR count). The Labute approximate surface area is 538 Å². The molecule has 7 aliphatic heterocycles. The van der Waals surface area contributed by atoms with Crippen LogP contribution in [0.4, 0.5) is 0 Å². The number of carbonyl (C=O) groups excluding carboxylic acids is 4. The Morgan fingerprint density at radius 1 is 0.453 bits per heavy atom. The van der Waals surface area contributed by atoms with E-state index in [0.717, 1.165) is 27.7 Å². The van der Waals surface area contributed by atoms with Crippen molar-refractivity contribution in [3.8, 4) is 0 Å². The van der Waals surface area contributed by atoms with Gasteiger partial charge in [-0.25, -0.2) is 4.79 Å². The minimum atomic E-state index is -3.27. The standard InChI is InChI=1S/C53H88N4O38/c1-13-29(69)35(75)37(77)49(84-13)93-44-28(57-17(5)66)47(88-23(11-62)41(44)91-51-39(79)45(32(72)21(9-60)87-51)95-53(52(81)82)6-18(67)25(54-14(2)63)43(94-53)30(70)19(68)7-58)83-12-24-33(73)42(27(46(80)85-24)56-16(4)65)92-48-26(55-15(3)64)34(74)40(22(10-61)89-48)90-50-38(78)36(76)31(71)20(8-59)86-50/h13,18-51,58-62,67-80H,6-12H2,1-5H3,(H,54,63)(H,55,64)(H,56,65)(H,57,66)(H,81,82)/t13-,18-,19+,20+,21+,22+,23+,24+,25+,26+,27+,28+,29+,30+,31-,32-,33-,34+,35+,36-,37-,38+,39+,40+,41+,42+,43+,44+,45-,46?,47+,48-,49-,50-,51-,53-/m0/s1. The minimum Gasteiger partial charge on any atom is -0.477 e. The fraction of sp³-hybridized carbons (Fsp3) is 0.906. The van der Waals surface area contributed by atoms with Gasteiger partial charge in [0.15, 0.2) is 37.7 Å².